The summed E-state index contributed by atoms with van der Waals surface area (Å²) in [5.41, 5.74) is 2.23. The van der Waals surface area contributed by atoms with E-state index in [2.05, 4.69) is 20.3 Å². The van der Waals surface area contributed by atoms with Gasteiger partial charge in [0, 0.05) is 36.8 Å². The highest BCUT2D eigenvalue weighted by Gasteiger charge is 2.40. The highest BCUT2D eigenvalue weighted by molar-refractivity contribution is 5.79. The number of hydrogen-bond donors (Lipinski definition) is 2. The first-order valence-corrected chi connectivity index (χ1v) is 7.40. The molecule has 6 heteroatoms. The SMILES string of the molecule is Cc1cnc(C2(NC(=O)Cc3cccnc3C)CCOC2)[nH]1. The Morgan fingerprint density at radius 2 is 2.32 bits per heavy atom. The Bertz CT molecular complexity index is 674. The highest BCUT2D eigenvalue weighted by atomic mass is 16.5. The lowest BCUT2D eigenvalue weighted by Crippen LogP contribution is -2.48. The molecular weight excluding hydrogens is 280 g/mol. The zero-order valence-corrected chi connectivity index (χ0v) is 12.8. The summed E-state index contributed by atoms with van der Waals surface area (Å²) >= 11 is 0. The Morgan fingerprint density at radius 1 is 1.45 bits per heavy atom. The van der Waals surface area contributed by atoms with E-state index in [1.54, 1.807) is 12.4 Å². The van der Waals surface area contributed by atoms with Crippen LogP contribution in [-0.4, -0.2) is 34.1 Å². The Hall–Kier alpha value is -2.21. The number of rotatable bonds is 4. The minimum atomic E-state index is -0.554. The molecule has 0 aromatic carbocycles. The minimum absolute atomic E-state index is 0.0457. The molecule has 0 saturated carbocycles. The molecule has 1 aliphatic rings. The standard InChI is InChI=1S/C16H20N4O2/c1-11-9-18-15(19-11)16(5-7-22-10-16)20-14(21)8-13-4-3-6-17-12(13)2/h3-4,6,9H,5,7-8,10H2,1-2H3,(H,18,19)(H,20,21). The zero-order valence-electron chi connectivity index (χ0n) is 12.8. The van der Waals surface area contributed by atoms with Crippen LogP contribution in [0.5, 0.6) is 0 Å². The van der Waals surface area contributed by atoms with E-state index in [1.165, 1.54) is 0 Å². The molecule has 1 atom stereocenters. The summed E-state index contributed by atoms with van der Waals surface area (Å²) in [4.78, 5) is 24.3. The molecule has 2 N–H and O–H groups in total. The minimum Gasteiger partial charge on any atom is -0.378 e. The second-order valence-electron chi connectivity index (χ2n) is 5.77. The predicted octanol–water partition coefficient (Wildman–Crippen LogP) is 1.40. The fourth-order valence-corrected chi connectivity index (χ4v) is 2.75. The Kier molecular flexibility index (Phi) is 3.94. The summed E-state index contributed by atoms with van der Waals surface area (Å²) in [6, 6.07) is 3.77. The van der Waals surface area contributed by atoms with E-state index < -0.39 is 5.54 Å². The summed E-state index contributed by atoms with van der Waals surface area (Å²) in [6.07, 6.45) is 4.53. The van der Waals surface area contributed by atoms with Crippen LogP contribution in [0.2, 0.25) is 0 Å². The molecule has 2 aromatic heterocycles. The van der Waals surface area contributed by atoms with Gasteiger partial charge >= 0.3 is 0 Å². The first-order chi connectivity index (χ1) is 10.6. The monoisotopic (exact) mass is 300 g/mol. The molecule has 1 amide bonds. The van der Waals surface area contributed by atoms with E-state index in [-0.39, 0.29) is 5.91 Å². The number of nitrogens with one attached hydrogen (secondary N) is 2. The van der Waals surface area contributed by atoms with Gasteiger partial charge in [-0.05, 0) is 25.5 Å². The number of nitrogens with zero attached hydrogens (tertiary/aromatic N) is 2. The zero-order chi connectivity index (χ0) is 15.6. The maximum absolute atomic E-state index is 12.5. The lowest BCUT2D eigenvalue weighted by molar-refractivity contribution is -0.122. The number of aromatic nitrogens is 3. The summed E-state index contributed by atoms with van der Waals surface area (Å²) in [6.45, 7) is 4.91. The smallest absolute Gasteiger partial charge is 0.225 e. The molecule has 22 heavy (non-hydrogen) atoms. The van der Waals surface area contributed by atoms with Gasteiger partial charge in [0.15, 0.2) is 0 Å². The van der Waals surface area contributed by atoms with Gasteiger partial charge in [-0.1, -0.05) is 6.07 Å². The van der Waals surface area contributed by atoms with Crippen molar-refractivity contribution >= 4 is 5.91 Å². The van der Waals surface area contributed by atoms with Crippen molar-refractivity contribution in [3.63, 3.8) is 0 Å². The summed E-state index contributed by atoms with van der Waals surface area (Å²) < 4.78 is 5.51. The van der Waals surface area contributed by atoms with Crippen molar-refractivity contribution in [2.45, 2.75) is 32.2 Å². The van der Waals surface area contributed by atoms with Crippen LogP contribution < -0.4 is 5.32 Å². The number of aromatic amines is 1. The third-order valence-corrected chi connectivity index (χ3v) is 4.02. The van der Waals surface area contributed by atoms with Crippen molar-refractivity contribution in [3.8, 4) is 0 Å². The predicted molar refractivity (Wildman–Crippen MR) is 81.3 cm³/mol. The fourth-order valence-electron chi connectivity index (χ4n) is 2.75. The topological polar surface area (TPSA) is 79.9 Å². The summed E-state index contributed by atoms with van der Waals surface area (Å²) in [5.74, 6) is 0.717. The van der Waals surface area contributed by atoms with Gasteiger partial charge in [-0.2, -0.15) is 0 Å². The second-order valence-corrected chi connectivity index (χ2v) is 5.77. The van der Waals surface area contributed by atoms with Crippen molar-refractivity contribution in [1.29, 1.82) is 0 Å². The maximum Gasteiger partial charge on any atom is 0.225 e. The molecule has 0 radical (unpaired) electrons. The van der Waals surface area contributed by atoms with Crippen molar-refractivity contribution in [3.05, 3.63) is 47.3 Å². The molecule has 116 valence electrons. The van der Waals surface area contributed by atoms with Gasteiger partial charge < -0.3 is 15.0 Å². The lowest BCUT2D eigenvalue weighted by atomic mass is 9.97. The number of amides is 1. The molecule has 6 nitrogen and oxygen atoms in total. The number of hydrogen-bond acceptors (Lipinski definition) is 4. The molecule has 3 rings (SSSR count). The third kappa shape index (κ3) is 2.87. The van der Waals surface area contributed by atoms with E-state index in [9.17, 15) is 4.79 Å². The van der Waals surface area contributed by atoms with Crippen LogP contribution in [-0.2, 0) is 21.5 Å². The average molecular weight is 300 g/mol. The van der Waals surface area contributed by atoms with Crippen molar-refractivity contribution < 1.29 is 9.53 Å². The van der Waals surface area contributed by atoms with Gasteiger partial charge in [-0.3, -0.25) is 9.78 Å². The Morgan fingerprint density at radius 3 is 2.95 bits per heavy atom. The molecular formula is C16H20N4O2. The number of carbonyl (C=O) groups excluding carboxylic acids is 1. The summed E-state index contributed by atoms with van der Waals surface area (Å²) in [7, 11) is 0. The molecule has 1 saturated heterocycles. The van der Waals surface area contributed by atoms with Crippen LogP contribution in [0.4, 0.5) is 0 Å². The Labute approximate surface area is 129 Å². The van der Waals surface area contributed by atoms with E-state index in [4.69, 9.17) is 4.74 Å². The average Bonchev–Trinajstić information content (AvgIpc) is 3.11. The van der Waals surface area contributed by atoms with Gasteiger partial charge in [0.25, 0.3) is 0 Å². The molecule has 0 spiro atoms. The van der Waals surface area contributed by atoms with Crippen LogP contribution in [0.15, 0.2) is 24.5 Å². The van der Waals surface area contributed by atoms with Crippen LogP contribution in [0.3, 0.4) is 0 Å². The van der Waals surface area contributed by atoms with Gasteiger partial charge in [0.05, 0.1) is 13.0 Å². The molecule has 2 aromatic rings. The normalized spacial score (nSPS) is 21.0. The first kappa shape index (κ1) is 14.7. The van der Waals surface area contributed by atoms with Gasteiger partial charge in [-0.15, -0.1) is 0 Å². The highest BCUT2D eigenvalue weighted by Crippen LogP contribution is 2.28. The van der Waals surface area contributed by atoms with E-state index >= 15 is 0 Å². The molecule has 1 fully saturated rings. The fraction of sp³-hybridized carbons (Fsp3) is 0.438. The van der Waals surface area contributed by atoms with Crippen LogP contribution in [0.25, 0.3) is 0 Å². The van der Waals surface area contributed by atoms with Crippen molar-refractivity contribution in [2.24, 2.45) is 0 Å². The van der Waals surface area contributed by atoms with E-state index in [1.807, 2.05) is 26.0 Å². The number of H-pyrrole nitrogens is 1. The first-order valence-electron chi connectivity index (χ1n) is 7.40. The summed E-state index contributed by atoms with van der Waals surface area (Å²) in [5, 5.41) is 3.11. The van der Waals surface area contributed by atoms with Gasteiger partial charge in [-0.25, -0.2) is 4.98 Å². The number of carbonyl (C=O) groups is 1. The molecule has 0 bridgehead atoms. The van der Waals surface area contributed by atoms with Crippen LogP contribution >= 0.6 is 0 Å². The van der Waals surface area contributed by atoms with Crippen LogP contribution in [0.1, 0.15) is 29.2 Å². The molecule has 1 unspecified atom stereocenters. The van der Waals surface area contributed by atoms with E-state index in [0.29, 0.717) is 19.6 Å². The Balaban J connectivity index is 1.77. The third-order valence-electron chi connectivity index (χ3n) is 4.02. The van der Waals surface area contributed by atoms with Crippen molar-refractivity contribution in [1.82, 2.24) is 20.3 Å². The number of ether oxygens (including phenoxy) is 1. The van der Waals surface area contributed by atoms with Crippen molar-refractivity contribution in [2.75, 3.05) is 13.2 Å². The van der Waals surface area contributed by atoms with E-state index in [0.717, 1.165) is 29.2 Å². The number of pyridine rings is 1. The molecule has 3 heterocycles. The lowest BCUT2D eigenvalue weighted by Gasteiger charge is -2.26. The second kappa shape index (κ2) is 5.88. The number of aryl methyl sites for hydroxylation is 2. The molecule has 1 aliphatic heterocycles. The quantitative estimate of drug-likeness (QED) is 0.894. The molecule has 0 aliphatic carbocycles. The largest absolute Gasteiger partial charge is 0.378 e. The van der Waals surface area contributed by atoms with Crippen LogP contribution in [0, 0.1) is 13.8 Å². The van der Waals surface area contributed by atoms with Gasteiger partial charge in [0.1, 0.15) is 11.4 Å². The number of imidazole rings is 1. The van der Waals surface area contributed by atoms with Gasteiger partial charge in [0.2, 0.25) is 5.91 Å². The maximum atomic E-state index is 12.5.